The topological polar surface area (TPSA) is 40.1 Å². The van der Waals surface area contributed by atoms with Crippen molar-refractivity contribution in [1.82, 2.24) is 15.1 Å². The standard InChI is InChI=1S/C20H29F3N4O.HI/c1-15-5-3-4-6-17(15)18-13-27(9-10-28-18)19(24-2)25-11-16-7-8-26(12-16)14-20(21,22)23;/h3-6,16,18H,7-14H2,1-2H3,(H,24,25);1H. The normalized spacial score (nSPS) is 23.8. The van der Waals surface area contributed by atoms with Gasteiger partial charge in [0.15, 0.2) is 5.96 Å². The van der Waals surface area contributed by atoms with E-state index in [9.17, 15) is 13.2 Å². The second kappa shape index (κ2) is 10.8. The highest BCUT2D eigenvalue weighted by molar-refractivity contribution is 14.0. The SMILES string of the molecule is CN=C(NCC1CCN(CC(F)(F)F)C1)N1CCOC(c2ccccc2C)C1.I. The van der Waals surface area contributed by atoms with Crippen LogP contribution >= 0.6 is 24.0 Å². The fourth-order valence-electron chi connectivity index (χ4n) is 4.02. The minimum absolute atomic E-state index is 0. The molecule has 2 aliphatic heterocycles. The van der Waals surface area contributed by atoms with Crippen molar-refractivity contribution in [3.05, 3.63) is 35.4 Å². The Morgan fingerprint density at radius 2 is 2.00 bits per heavy atom. The lowest BCUT2D eigenvalue weighted by atomic mass is 10.0. The summed E-state index contributed by atoms with van der Waals surface area (Å²) >= 11 is 0. The maximum absolute atomic E-state index is 12.6. The number of halogens is 4. The van der Waals surface area contributed by atoms with Crippen molar-refractivity contribution < 1.29 is 17.9 Å². The summed E-state index contributed by atoms with van der Waals surface area (Å²) in [6, 6.07) is 8.21. The molecule has 5 nitrogen and oxygen atoms in total. The van der Waals surface area contributed by atoms with E-state index < -0.39 is 12.7 Å². The second-order valence-corrected chi connectivity index (χ2v) is 7.60. The van der Waals surface area contributed by atoms with Crippen LogP contribution in [0.3, 0.4) is 0 Å². The quantitative estimate of drug-likeness (QED) is 0.371. The molecule has 29 heavy (non-hydrogen) atoms. The first-order chi connectivity index (χ1) is 13.4. The van der Waals surface area contributed by atoms with Gasteiger partial charge in [0.25, 0.3) is 0 Å². The number of morpholine rings is 1. The van der Waals surface area contributed by atoms with E-state index in [0.717, 1.165) is 18.9 Å². The number of ether oxygens (including phenoxy) is 1. The summed E-state index contributed by atoms with van der Waals surface area (Å²) in [5.74, 6) is 0.989. The second-order valence-electron chi connectivity index (χ2n) is 7.60. The van der Waals surface area contributed by atoms with Gasteiger partial charge in [-0.1, -0.05) is 24.3 Å². The lowest BCUT2D eigenvalue weighted by Gasteiger charge is -2.36. The molecule has 2 saturated heterocycles. The van der Waals surface area contributed by atoms with Gasteiger partial charge < -0.3 is 15.0 Å². The molecule has 0 radical (unpaired) electrons. The maximum atomic E-state index is 12.6. The van der Waals surface area contributed by atoms with Crippen LogP contribution in [0.4, 0.5) is 13.2 Å². The molecular formula is C20H30F3IN4O. The van der Waals surface area contributed by atoms with Gasteiger partial charge in [0.2, 0.25) is 0 Å². The van der Waals surface area contributed by atoms with Crippen molar-refractivity contribution in [2.75, 3.05) is 52.9 Å². The zero-order chi connectivity index (χ0) is 20.1. The average molecular weight is 526 g/mol. The predicted molar refractivity (Wildman–Crippen MR) is 119 cm³/mol. The van der Waals surface area contributed by atoms with Crippen molar-refractivity contribution in [2.45, 2.75) is 25.6 Å². The molecule has 2 aliphatic rings. The highest BCUT2D eigenvalue weighted by Gasteiger charge is 2.34. The number of likely N-dealkylation sites (tertiary alicyclic amines) is 1. The largest absolute Gasteiger partial charge is 0.401 e. The number of aliphatic imine (C=N–C) groups is 1. The molecule has 2 fully saturated rings. The third kappa shape index (κ3) is 6.99. The molecule has 2 heterocycles. The highest BCUT2D eigenvalue weighted by Crippen LogP contribution is 2.25. The van der Waals surface area contributed by atoms with Gasteiger partial charge in [0.1, 0.15) is 6.10 Å². The van der Waals surface area contributed by atoms with E-state index in [1.54, 1.807) is 7.05 Å². The molecule has 0 bridgehead atoms. The van der Waals surface area contributed by atoms with E-state index in [-0.39, 0.29) is 36.0 Å². The summed E-state index contributed by atoms with van der Waals surface area (Å²) < 4.78 is 43.6. The summed E-state index contributed by atoms with van der Waals surface area (Å²) in [5.41, 5.74) is 2.38. The fraction of sp³-hybridized carbons (Fsp3) is 0.650. The Hall–Kier alpha value is -1.07. The van der Waals surface area contributed by atoms with Gasteiger partial charge >= 0.3 is 6.18 Å². The minimum Gasteiger partial charge on any atom is -0.370 e. The molecule has 0 aromatic heterocycles. The Kier molecular flexibility index (Phi) is 9.02. The molecule has 1 N–H and O–H groups in total. The minimum atomic E-state index is -4.13. The number of guanidine groups is 1. The Bertz CT molecular complexity index is 686. The summed E-state index contributed by atoms with van der Waals surface area (Å²) in [5, 5.41) is 3.36. The zero-order valence-electron chi connectivity index (χ0n) is 16.9. The molecule has 1 aromatic rings. The van der Waals surface area contributed by atoms with Crippen molar-refractivity contribution in [2.24, 2.45) is 10.9 Å². The first kappa shape index (κ1) is 24.2. The number of alkyl halides is 3. The highest BCUT2D eigenvalue weighted by atomic mass is 127. The van der Waals surface area contributed by atoms with E-state index in [4.69, 9.17) is 4.74 Å². The van der Waals surface area contributed by atoms with Crippen LogP contribution in [-0.4, -0.2) is 74.9 Å². The molecule has 164 valence electrons. The van der Waals surface area contributed by atoms with Crippen LogP contribution in [-0.2, 0) is 4.74 Å². The van der Waals surface area contributed by atoms with Gasteiger partial charge in [-0.3, -0.25) is 9.89 Å². The predicted octanol–water partition coefficient (Wildman–Crippen LogP) is 3.45. The Labute approximate surface area is 187 Å². The number of hydrogen-bond acceptors (Lipinski definition) is 3. The van der Waals surface area contributed by atoms with Gasteiger partial charge in [0.05, 0.1) is 19.7 Å². The molecular weight excluding hydrogens is 496 g/mol. The number of benzene rings is 1. The van der Waals surface area contributed by atoms with E-state index in [1.165, 1.54) is 16.0 Å². The molecule has 3 rings (SSSR count). The first-order valence-electron chi connectivity index (χ1n) is 9.77. The van der Waals surface area contributed by atoms with Crippen LogP contribution in [0.5, 0.6) is 0 Å². The van der Waals surface area contributed by atoms with Crippen LogP contribution in [0.15, 0.2) is 29.3 Å². The Balaban J connectivity index is 0.00000300. The number of hydrogen-bond donors (Lipinski definition) is 1. The Morgan fingerprint density at radius 1 is 1.24 bits per heavy atom. The van der Waals surface area contributed by atoms with Crippen molar-refractivity contribution >= 4 is 29.9 Å². The molecule has 0 amide bonds. The zero-order valence-corrected chi connectivity index (χ0v) is 19.2. The van der Waals surface area contributed by atoms with Crippen molar-refractivity contribution in [3.8, 4) is 0 Å². The molecule has 1 aromatic carbocycles. The lowest BCUT2D eigenvalue weighted by Crippen LogP contribution is -2.49. The van der Waals surface area contributed by atoms with Crippen molar-refractivity contribution in [3.63, 3.8) is 0 Å². The summed E-state index contributed by atoms with van der Waals surface area (Å²) in [6.07, 6.45) is -3.37. The smallest absolute Gasteiger partial charge is 0.370 e. The molecule has 0 aliphatic carbocycles. The average Bonchev–Trinajstić information content (AvgIpc) is 3.08. The van der Waals surface area contributed by atoms with Gasteiger partial charge in [0, 0.05) is 26.7 Å². The maximum Gasteiger partial charge on any atom is 0.401 e. The molecule has 2 unspecified atom stereocenters. The van der Waals surface area contributed by atoms with Gasteiger partial charge in [-0.05, 0) is 36.9 Å². The van der Waals surface area contributed by atoms with Gasteiger partial charge in [-0.25, -0.2) is 0 Å². The summed E-state index contributed by atoms with van der Waals surface area (Å²) in [6.45, 7) is 4.92. The van der Waals surface area contributed by atoms with Crippen LogP contribution in [0.1, 0.15) is 23.7 Å². The fourth-order valence-corrected chi connectivity index (χ4v) is 4.02. The van der Waals surface area contributed by atoms with Gasteiger partial charge in [-0.2, -0.15) is 13.2 Å². The summed E-state index contributed by atoms with van der Waals surface area (Å²) in [7, 11) is 1.74. The molecule has 9 heteroatoms. The number of rotatable bonds is 4. The number of nitrogens with zero attached hydrogens (tertiary/aromatic N) is 3. The van der Waals surface area contributed by atoms with Crippen LogP contribution in [0.2, 0.25) is 0 Å². The van der Waals surface area contributed by atoms with E-state index in [1.807, 2.05) is 12.1 Å². The Morgan fingerprint density at radius 3 is 2.69 bits per heavy atom. The number of nitrogens with one attached hydrogen (secondary N) is 1. The van der Waals surface area contributed by atoms with Crippen molar-refractivity contribution in [1.29, 1.82) is 0 Å². The monoisotopic (exact) mass is 526 g/mol. The third-order valence-corrected chi connectivity index (χ3v) is 5.43. The lowest BCUT2D eigenvalue weighted by molar-refractivity contribution is -0.143. The third-order valence-electron chi connectivity index (χ3n) is 5.43. The van der Waals surface area contributed by atoms with E-state index in [2.05, 4.69) is 34.3 Å². The van der Waals surface area contributed by atoms with Gasteiger partial charge in [-0.15, -0.1) is 24.0 Å². The molecule has 0 spiro atoms. The van der Waals surface area contributed by atoms with Crippen LogP contribution in [0, 0.1) is 12.8 Å². The molecule has 0 saturated carbocycles. The molecule has 2 atom stereocenters. The van der Waals surface area contributed by atoms with E-state index >= 15 is 0 Å². The first-order valence-corrected chi connectivity index (χ1v) is 9.77. The van der Waals surface area contributed by atoms with Crippen LogP contribution < -0.4 is 5.32 Å². The number of aryl methyl sites for hydroxylation is 1. The van der Waals surface area contributed by atoms with E-state index in [0.29, 0.717) is 32.8 Å². The van der Waals surface area contributed by atoms with Crippen LogP contribution in [0.25, 0.3) is 0 Å². The summed E-state index contributed by atoms with van der Waals surface area (Å²) in [4.78, 5) is 8.04.